The van der Waals surface area contributed by atoms with Crippen molar-refractivity contribution in [1.82, 2.24) is 0 Å². The molecule has 1 nitrogen and oxygen atoms in total. The van der Waals surface area contributed by atoms with Gasteiger partial charge in [0.15, 0.2) is 0 Å². The van der Waals surface area contributed by atoms with Crippen LogP contribution in [0.4, 0.5) is 26.3 Å². The van der Waals surface area contributed by atoms with Crippen LogP contribution in [0.3, 0.4) is 0 Å². The molecule has 0 bridgehead atoms. The largest absolute Gasteiger partial charge is 0.390 e. The minimum absolute atomic E-state index is 1.70. The Bertz CT molecular complexity index is 311. The van der Waals surface area contributed by atoms with E-state index in [1.54, 1.807) is 0 Å². The summed E-state index contributed by atoms with van der Waals surface area (Å²) in [7, 11) is 0. The van der Waals surface area contributed by atoms with Crippen LogP contribution < -0.4 is 0 Å². The van der Waals surface area contributed by atoms with Gasteiger partial charge in [0.2, 0.25) is 9.04 Å². The van der Waals surface area contributed by atoms with Gasteiger partial charge in [0.25, 0.3) is 0 Å². The molecule has 0 aliphatic rings. The van der Waals surface area contributed by atoms with Gasteiger partial charge in [-0.25, -0.2) is 0 Å². The van der Waals surface area contributed by atoms with Crippen molar-refractivity contribution in [3.05, 3.63) is 0 Å². The lowest BCUT2D eigenvalue weighted by molar-refractivity contribution is -0.146. The molecule has 13 heteroatoms. The topological polar surface area (TPSA) is 9.23 Å². The molecule has 0 N–H and O–H groups in total. The van der Waals surface area contributed by atoms with Crippen LogP contribution in [0, 0.1) is 0 Å². The van der Waals surface area contributed by atoms with Crippen molar-refractivity contribution in [1.29, 1.82) is 0 Å². The summed E-state index contributed by atoms with van der Waals surface area (Å²) in [4.78, 5) is 0. The smallest absolute Gasteiger partial charge is 0.307 e. The van der Waals surface area contributed by atoms with Crippen LogP contribution in [0.15, 0.2) is 0 Å². The summed E-state index contributed by atoms with van der Waals surface area (Å²) in [5.74, 6) is 0. The Morgan fingerprint density at radius 2 is 0.905 bits per heavy atom. The first kappa shape index (κ1) is 22.3. The molecule has 0 rings (SSSR count). The Labute approximate surface area is 145 Å². The van der Waals surface area contributed by atoms with Gasteiger partial charge >= 0.3 is 12.4 Å². The van der Waals surface area contributed by atoms with Crippen LogP contribution in [0.2, 0.25) is 0 Å². The van der Waals surface area contributed by atoms with Crippen molar-refractivity contribution < 1.29 is 31.1 Å². The van der Waals surface area contributed by atoms with Crippen LogP contribution >= 0.6 is 69.6 Å². The lowest BCUT2D eigenvalue weighted by Gasteiger charge is -2.34. The van der Waals surface area contributed by atoms with E-state index in [4.69, 9.17) is 69.6 Å². The van der Waals surface area contributed by atoms with Crippen LogP contribution in [-0.2, 0) is 4.74 Å². The van der Waals surface area contributed by atoms with Crippen molar-refractivity contribution in [3.63, 3.8) is 0 Å². The van der Waals surface area contributed by atoms with Crippen molar-refractivity contribution in [2.75, 3.05) is 0 Å². The van der Waals surface area contributed by atoms with Gasteiger partial charge in [-0.15, -0.1) is 23.2 Å². The minimum Gasteiger partial charge on any atom is -0.307 e. The second-order valence-electron chi connectivity index (χ2n) is 3.80. The highest BCUT2D eigenvalue weighted by atomic mass is 35.5. The van der Waals surface area contributed by atoms with E-state index in [0.717, 1.165) is 0 Å². The zero-order valence-electron chi connectivity index (χ0n) is 9.51. The van der Waals surface area contributed by atoms with Crippen molar-refractivity contribution in [2.24, 2.45) is 0 Å². The molecule has 2 atom stereocenters. The molecule has 128 valence electrons. The summed E-state index contributed by atoms with van der Waals surface area (Å²) in [5, 5.41) is -4.18. The first-order chi connectivity index (χ1) is 8.96. The quantitative estimate of drug-likeness (QED) is 0.341. The summed E-state index contributed by atoms with van der Waals surface area (Å²) in [5.41, 5.74) is 0. The standard InChI is InChI=1S/C8H6Cl6F6O/c9-3(1-5(15,16)17)7(11,12)21-8(13,14)4(10)2-6(18,19)20/h3-4H,1-2H2. The Morgan fingerprint density at radius 1 is 0.667 bits per heavy atom. The summed E-state index contributed by atoms with van der Waals surface area (Å²) in [6, 6.07) is 0. The van der Waals surface area contributed by atoms with Gasteiger partial charge in [0.05, 0.1) is 12.8 Å². The molecular weight excluding hydrogens is 439 g/mol. The number of hydrogen-bond acceptors (Lipinski definition) is 1. The number of alkyl halides is 12. The lowest BCUT2D eigenvalue weighted by Crippen LogP contribution is -2.44. The van der Waals surface area contributed by atoms with E-state index in [2.05, 4.69) is 4.74 Å². The molecule has 0 aromatic carbocycles. The van der Waals surface area contributed by atoms with Gasteiger partial charge in [0.1, 0.15) is 10.8 Å². The van der Waals surface area contributed by atoms with Gasteiger partial charge in [-0.3, -0.25) is 0 Å². The highest BCUT2D eigenvalue weighted by Crippen LogP contribution is 2.46. The molecule has 0 radical (unpaired) electrons. The minimum atomic E-state index is -4.75. The molecule has 2 unspecified atom stereocenters. The normalized spacial score (nSPS) is 17.7. The van der Waals surface area contributed by atoms with E-state index in [1.165, 1.54) is 0 Å². The van der Waals surface area contributed by atoms with Gasteiger partial charge in [-0.2, -0.15) is 26.3 Å². The SMILES string of the molecule is FC(F)(F)CC(Cl)C(Cl)(Cl)OC(Cl)(Cl)C(Cl)CC(F)(F)F. The Balaban J connectivity index is 4.89. The van der Waals surface area contributed by atoms with E-state index in [1.807, 2.05) is 0 Å². The average molecular weight is 445 g/mol. The maximum absolute atomic E-state index is 12.2. The summed E-state index contributed by atoms with van der Waals surface area (Å²) in [6.45, 7) is 0. The average Bonchev–Trinajstić information content (AvgIpc) is 2.09. The molecule has 0 aromatic rings. The molecule has 21 heavy (non-hydrogen) atoms. The van der Waals surface area contributed by atoms with Crippen molar-refractivity contribution >= 4 is 69.6 Å². The van der Waals surface area contributed by atoms with Crippen LogP contribution in [-0.4, -0.2) is 32.1 Å². The highest BCUT2D eigenvalue weighted by Gasteiger charge is 2.51. The Hall–Kier alpha value is 1.28. The van der Waals surface area contributed by atoms with Gasteiger partial charge in [0, 0.05) is 0 Å². The second kappa shape index (κ2) is 7.45. The lowest BCUT2D eigenvalue weighted by atomic mass is 10.3. The van der Waals surface area contributed by atoms with E-state index in [-0.39, 0.29) is 0 Å². The van der Waals surface area contributed by atoms with Gasteiger partial charge in [-0.05, 0) is 0 Å². The summed E-state index contributed by atoms with van der Waals surface area (Å²) < 4.78 is 71.7. The molecule has 0 aliphatic carbocycles. The molecule has 0 aliphatic heterocycles. The molecule has 0 amide bonds. The predicted octanol–water partition coefficient (Wildman–Crippen LogP) is 6.39. The van der Waals surface area contributed by atoms with Crippen LogP contribution in [0.1, 0.15) is 12.8 Å². The van der Waals surface area contributed by atoms with Crippen LogP contribution in [0.25, 0.3) is 0 Å². The van der Waals surface area contributed by atoms with E-state index in [0.29, 0.717) is 0 Å². The van der Waals surface area contributed by atoms with Crippen molar-refractivity contribution in [3.8, 4) is 0 Å². The monoisotopic (exact) mass is 442 g/mol. The molecule has 0 heterocycles. The fourth-order valence-corrected chi connectivity index (χ4v) is 2.35. The molecular formula is C8H6Cl6F6O. The summed E-state index contributed by atoms with van der Waals surface area (Å²) >= 11 is 32.2. The maximum atomic E-state index is 12.2. The summed E-state index contributed by atoms with van der Waals surface area (Å²) in [6.07, 6.45) is -12.9. The molecule has 0 spiro atoms. The van der Waals surface area contributed by atoms with E-state index < -0.39 is 45.0 Å². The first-order valence-corrected chi connectivity index (χ1v) is 7.22. The molecule has 0 fully saturated rings. The van der Waals surface area contributed by atoms with Crippen LogP contribution in [0.5, 0.6) is 0 Å². The predicted molar refractivity (Wildman–Crippen MR) is 70.6 cm³/mol. The third kappa shape index (κ3) is 9.23. The van der Waals surface area contributed by atoms with E-state index >= 15 is 0 Å². The zero-order chi connectivity index (χ0) is 17.3. The fraction of sp³-hybridized carbons (Fsp3) is 1.00. The Morgan fingerprint density at radius 3 is 1.10 bits per heavy atom. The highest BCUT2D eigenvalue weighted by molar-refractivity contribution is 6.54. The maximum Gasteiger partial charge on any atom is 0.390 e. The number of halogens is 12. The van der Waals surface area contributed by atoms with Crippen molar-refractivity contribution in [2.45, 2.75) is 45.0 Å². The molecule has 0 aromatic heterocycles. The first-order valence-electron chi connectivity index (χ1n) is 4.84. The number of hydrogen-bond donors (Lipinski definition) is 0. The fourth-order valence-electron chi connectivity index (χ4n) is 0.953. The Kier molecular flexibility index (Phi) is 7.90. The third-order valence-corrected chi connectivity index (χ3v) is 4.56. The zero-order valence-corrected chi connectivity index (χ0v) is 14.0. The molecule has 0 saturated carbocycles. The van der Waals surface area contributed by atoms with Gasteiger partial charge < -0.3 is 4.74 Å². The van der Waals surface area contributed by atoms with Gasteiger partial charge in [-0.1, -0.05) is 46.4 Å². The second-order valence-corrected chi connectivity index (χ2v) is 7.49. The molecule has 0 saturated heterocycles. The van der Waals surface area contributed by atoms with E-state index in [9.17, 15) is 26.3 Å². The number of rotatable bonds is 6. The third-order valence-electron chi connectivity index (χ3n) is 1.82. The number of ether oxygens (including phenoxy) is 1.